The lowest BCUT2D eigenvalue weighted by atomic mass is 10.4. The molecular weight excluding hydrogens is 166 g/mol. The molecule has 1 nitrogen and oxygen atoms in total. The van der Waals surface area contributed by atoms with E-state index in [2.05, 4.69) is 34.7 Å². The molecule has 48 valence electrons. The third-order valence-electron chi connectivity index (χ3n) is 0.823. The zero-order valence-corrected chi connectivity index (χ0v) is 6.79. The molecule has 0 amide bonds. The van der Waals surface area contributed by atoms with E-state index in [4.69, 9.17) is 0 Å². The molecule has 0 aromatic heterocycles. The summed E-state index contributed by atoms with van der Waals surface area (Å²) in [5.74, 6) is 0. The van der Waals surface area contributed by atoms with Gasteiger partial charge < -0.3 is 5.32 Å². The number of halogens is 1. The Kier molecular flexibility index (Phi) is 5.44. The highest BCUT2D eigenvalue weighted by Crippen LogP contribution is 2.03. The van der Waals surface area contributed by atoms with Crippen molar-refractivity contribution in [3.05, 3.63) is 11.1 Å². The number of hydrogen-bond donors (Lipinski definition) is 1. The minimum atomic E-state index is 1.02. The molecule has 0 rings (SSSR count). The van der Waals surface area contributed by atoms with Gasteiger partial charge in [0.05, 0.1) is 0 Å². The van der Waals surface area contributed by atoms with E-state index in [0.717, 1.165) is 24.0 Å². The van der Waals surface area contributed by atoms with Crippen molar-refractivity contribution in [2.24, 2.45) is 0 Å². The van der Waals surface area contributed by atoms with Gasteiger partial charge in [0.2, 0.25) is 0 Å². The van der Waals surface area contributed by atoms with Crippen molar-refractivity contribution < 1.29 is 0 Å². The SMILES string of the molecule is C=C(Br)CCNCC. The molecule has 0 aromatic rings. The largest absolute Gasteiger partial charge is 0.317 e. The maximum atomic E-state index is 3.70. The highest BCUT2D eigenvalue weighted by molar-refractivity contribution is 9.11. The van der Waals surface area contributed by atoms with Crippen molar-refractivity contribution in [3.8, 4) is 0 Å². The third kappa shape index (κ3) is 6.18. The predicted octanol–water partition coefficient (Wildman–Crippen LogP) is 1.89. The van der Waals surface area contributed by atoms with E-state index >= 15 is 0 Å². The van der Waals surface area contributed by atoms with Crippen LogP contribution < -0.4 is 5.32 Å². The fraction of sp³-hybridized carbons (Fsp3) is 0.667. The van der Waals surface area contributed by atoms with E-state index in [9.17, 15) is 0 Å². The summed E-state index contributed by atoms with van der Waals surface area (Å²) in [6.45, 7) is 7.87. The summed E-state index contributed by atoms with van der Waals surface area (Å²) in [6, 6.07) is 0. The summed E-state index contributed by atoms with van der Waals surface area (Å²) in [4.78, 5) is 0. The van der Waals surface area contributed by atoms with Crippen molar-refractivity contribution in [2.75, 3.05) is 13.1 Å². The molecule has 0 aromatic carbocycles. The van der Waals surface area contributed by atoms with Crippen LogP contribution in [0, 0.1) is 0 Å². The van der Waals surface area contributed by atoms with Crippen molar-refractivity contribution in [3.63, 3.8) is 0 Å². The quantitative estimate of drug-likeness (QED) is 0.648. The Hall–Kier alpha value is 0.180. The van der Waals surface area contributed by atoms with Gasteiger partial charge in [0, 0.05) is 0 Å². The predicted molar refractivity (Wildman–Crippen MR) is 41.2 cm³/mol. The minimum Gasteiger partial charge on any atom is -0.317 e. The van der Waals surface area contributed by atoms with Crippen molar-refractivity contribution in [1.82, 2.24) is 5.32 Å². The summed E-state index contributed by atoms with van der Waals surface area (Å²) in [5, 5.41) is 3.19. The van der Waals surface area contributed by atoms with Crippen LogP contribution in [0.3, 0.4) is 0 Å². The number of rotatable bonds is 4. The Morgan fingerprint density at radius 2 is 2.38 bits per heavy atom. The molecule has 0 saturated carbocycles. The Morgan fingerprint density at radius 3 is 2.75 bits per heavy atom. The Labute approximate surface area is 59.3 Å². The Balaban J connectivity index is 2.82. The van der Waals surface area contributed by atoms with Crippen LogP contribution in [0.4, 0.5) is 0 Å². The summed E-state index contributed by atoms with van der Waals surface area (Å²) in [6.07, 6.45) is 1.02. The molecule has 0 aliphatic carbocycles. The second-order valence-electron chi connectivity index (χ2n) is 1.62. The fourth-order valence-corrected chi connectivity index (χ4v) is 0.599. The molecule has 0 fully saturated rings. The van der Waals surface area contributed by atoms with Crippen LogP contribution in [-0.4, -0.2) is 13.1 Å². The van der Waals surface area contributed by atoms with E-state index in [1.54, 1.807) is 0 Å². The van der Waals surface area contributed by atoms with Crippen LogP contribution in [0.1, 0.15) is 13.3 Å². The first-order valence-corrected chi connectivity index (χ1v) is 3.60. The molecule has 0 bridgehead atoms. The normalized spacial score (nSPS) is 9.25. The maximum Gasteiger partial charge on any atom is -0.000355 e. The molecular formula is C6H12BrN. The topological polar surface area (TPSA) is 12.0 Å². The van der Waals surface area contributed by atoms with Gasteiger partial charge in [-0.3, -0.25) is 0 Å². The maximum absolute atomic E-state index is 3.70. The average Bonchev–Trinajstić information content (AvgIpc) is 1.66. The van der Waals surface area contributed by atoms with Gasteiger partial charge in [-0.1, -0.05) is 29.4 Å². The van der Waals surface area contributed by atoms with Crippen molar-refractivity contribution in [2.45, 2.75) is 13.3 Å². The van der Waals surface area contributed by atoms with Crippen LogP contribution in [-0.2, 0) is 0 Å². The lowest BCUT2D eigenvalue weighted by molar-refractivity contribution is 0.725. The number of nitrogens with one attached hydrogen (secondary N) is 1. The van der Waals surface area contributed by atoms with Crippen LogP contribution in [0.15, 0.2) is 11.1 Å². The second-order valence-corrected chi connectivity index (χ2v) is 2.74. The van der Waals surface area contributed by atoms with E-state index in [-0.39, 0.29) is 0 Å². The molecule has 0 saturated heterocycles. The number of hydrogen-bond acceptors (Lipinski definition) is 1. The van der Waals surface area contributed by atoms with Crippen molar-refractivity contribution >= 4 is 15.9 Å². The fourth-order valence-electron chi connectivity index (χ4n) is 0.401. The van der Waals surface area contributed by atoms with Crippen LogP contribution in [0.2, 0.25) is 0 Å². The molecule has 0 aliphatic heterocycles. The zero-order chi connectivity index (χ0) is 6.41. The molecule has 0 unspecified atom stereocenters. The van der Waals surface area contributed by atoms with Gasteiger partial charge in [0.25, 0.3) is 0 Å². The highest BCUT2D eigenvalue weighted by Gasteiger charge is 1.84. The molecule has 0 spiro atoms. The van der Waals surface area contributed by atoms with Crippen LogP contribution >= 0.6 is 15.9 Å². The van der Waals surface area contributed by atoms with Gasteiger partial charge in [-0.25, -0.2) is 0 Å². The molecule has 8 heavy (non-hydrogen) atoms. The molecule has 0 heterocycles. The molecule has 0 radical (unpaired) electrons. The van der Waals surface area contributed by atoms with Crippen LogP contribution in [0.5, 0.6) is 0 Å². The Bertz CT molecular complexity index is 70.9. The second kappa shape index (κ2) is 5.32. The van der Waals surface area contributed by atoms with Crippen LogP contribution in [0.25, 0.3) is 0 Å². The van der Waals surface area contributed by atoms with Gasteiger partial charge in [-0.2, -0.15) is 0 Å². The van der Waals surface area contributed by atoms with Gasteiger partial charge in [-0.05, 0) is 24.0 Å². The summed E-state index contributed by atoms with van der Waals surface area (Å²) in [5.41, 5.74) is 0. The van der Waals surface area contributed by atoms with Gasteiger partial charge >= 0.3 is 0 Å². The van der Waals surface area contributed by atoms with Gasteiger partial charge in [0.15, 0.2) is 0 Å². The third-order valence-corrected chi connectivity index (χ3v) is 1.22. The van der Waals surface area contributed by atoms with Crippen molar-refractivity contribution in [1.29, 1.82) is 0 Å². The van der Waals surface area contributed by atoms with Gasteiger partial charge in [-0.15, -0.1) is 0 Å². The zero-order valence-electron chi connectivity index (χ0n) is 5.21. The summed E-state index contributed by atoms with van der Waals surface area (Å²) >= 11 is 3.27. The molecule has 0 atom stereocenters. The molecule has 1 N–H and O–H groups in total. The smallest absolute Gasteiger partial charge is 0.000355 e. The minimum absolute atomic E-state index is 1.02. The summed E-state index contributed by atoms with van der Waals surface area (Å²) in [7, 11) is 0. The molecule has 0 aliphatic rings. The first-order chi connectivity index (χ1) is 3.77. The first kappa shape index (κ1) is 8.18. The highest BCUT2D eigenvalue weighted by atomic mass is 79.9. The monoisotopic (exact) mass is 177 g/mol. The molecule has 2 heteroatoms. The lowest BCUT2D eigenvalue weighted by Crippen LogP contribution is -2.13. The van der Waals surface area contributed by atoms with Gasteiger partial charge in [0.1, 0.15) is 0 Å². The Morgan fingerprint density at radius 1 is 1.75 bits per heavy atom. The summed E-state index contributed by atoms with van der Waals surface area (Å²) < 4.78 is 1.07. The van der Waals surface area contributed by atoms with E-state index in [0.29, 0.717) is 0 Å². The van der Waals surface area contributed by atoms with E-state index < -0.39 is 0 Å². The average molecular weight is 178 g/mol. The van der Waals surface area contributed by atoms with E-state index in [1.165, 1.54) is 0 Å². The van der Waals surface area contributed by atoms with E-state index in [1.807, 2.05) is 0 Å². The standard InChI is InChI=1S/C6H12BrN/c1-3-8-5-4-6(2)7/h8H,2-5H2,1H3. The lowest BCUT2D eigenvalue weighted by Gasteiger charge is -1.96. The first-order valence-electron chi connectivity index (χ1n) is 2.81.